The summed E-state index contributed by atoms with van der Waals surface area (Å²) in [5, 5.41) is 8.69. The molecule has 1 aromatic rings. The maximum Gasteiger partial charge on any atom is 0.307 e. The molecule has 1 N–H and O–H groups in total. The Kier molecular flexibility index (Phi) is 4.03. The van der Waals surface area contributed by atoms with Crippen molar-refractivity contribution in [2.45, 2.75) is 18.7 Å². The lowest BCUT2D eigenvalue weighted by molar-refractivity contribution is -0.140. The van der Waals surface area contributed by atoms with Gasteiger partial charge in [0.15, 0.2) is 0 Å². The highest BCUT2D eigenvalue weighted by atomic mass is 32.2. The zero-order chi connectivity index (χ0) is 11.4. The van der Waals surface area contributed by atoms with Gasteiger partial charge in [0.2, 0.25) is 0 Å². The van der Waals surface area contributed by atoms with Crippen molar-refractivity contribution in [1.29, 1.82) is 0 Å². The van der Waals surface area contributed by atoms with Gasteiger partial charge in [-0.05, 0) is 19.1 Å². The fourth-order valence-electron chi connectivity index (χ4n) is 1.08. The van der Waals surface area contributed by atoms with Crippen molar-refractivity contribution in [2.75, 3.05) is 5.75 Å². The fraction of sp³-hybridized carbons (Fsp3) is 0.364. The molecule has 3 nitrogen and oxygen atoms in total. The molecule has 0 heterocycles. The van der Waals surface area contributed by atoms with Gasteiger partial charge in [0, 0.05) is 10.6 Å². The molecule has 0 saturated heterocycles. The fourth-order valence-corrected chi connectivity index (χ4v) is 2.31. The van der Waals surface area contributed by atoms with Gasteiger partial charge in [0.25, 0.3) is 0 Å². The molecule has 0 amide bonds. The minimum Gasteiger partial charge on any atom is -0.481 e. The van der Waals surface area contributed by atoms with Gasteiger partial charge < -0.3 is 5.11 Å². The van der Waals surface area contributed by atoms with E-state index in [0.29, 0.717) is 4.90 Å². The molecule has 82 valence electrons. The lowest BCUT2D eigenvalue weighted by atomic mass is 10.2. The van der Waals surface area contributed by atoms with E-state index in [1.807, 2.05) is 19.1 Å². The van der Waals surface area contributed by atoms with Crippen LogP contribution < -0.4 is 0 Å². The van der Waals surface area contributed by atoms with E-state index in [0.717, 1.165) is 5.56 Å². The minimum atomic E-state index is -1.22. The molecule has 1 rings (SSSR count). The average molecular weight is 226 g/mol. The molecular formula is C11H14O3S. The number of rotatable bonds is 4. The van der Waals surface area contributed by atoms with Crippen LogP contribution in [0, 0.1) is 12.8 Å². The van der Waals surface area contributed by atoms with Crippen molar-refractivity contribution < 1.29 is 14.1 Å². The standard InChI is InChI=1S/C11H14O3S/c1-8-3-5-10(6-4-8)15(14)7-9(2)11(12)13/h3-6,9H,7H2,1-2H3,(H,12,13). The number of carbonyl (C=O) groups is 1. The number of aryl methyl sites for hydroxylation is 1. The van der Waals surface area contributed by atoms with Crippen molar-refractivity contribution in [2.24, 2.45) is 5.92 Å². The molecule has 0 aliphatic heterocycles. The smallest absolute Gasteiger partial charge is 0.307 e. The van der Waals surface area contributed by atoms with E-state index in [2.05, 4.69) is 0 Å². The van der Waals surface area contributed by atoms with E-state index >= 15 is 0 Å². The zero-order valence-electron chi connectivity index (χ0n) is 8.77. The Morgan fingerprint density at radius 3 is 2.40 bits per heavy atom. The Morgan fingerprint density at radius 2 is 1.93 bits per heavy atom. The second kappa shape index (κ2) is 5.07. The predicted octanol–water partition coefficient (Wildman–Crippen LogP) is 1.82. The summed E-state index contributed by atoms with van der Waals surface area (Å²) in [4.78, 5) is 11.3. The van der Waals surface area contributed by atoms with Crippen molar-refractivity contribution in [3.8, 4) is 0 Å². The van der Waals surface area contributed by atoms with Crippen LogP contribution in [0.3, 0.4) is 0 Å². The highest BCUT2D eigenvalue weighted by Gasteiger charge is 2.15. The summed E-state index contributed by atoms with van der Waals surface area (Å²) in [6.45, 7) is 3.51. The molecule has 0 saturated carbocycles. The van der Waals surface area contributed by atoms with Crippen LogP contribution in [0.4, 0.5) is 0 Å². The molecule has 0 bridgehead atoms. The minimum absolute atomic E-state index is 0.165. The summed E-state index contributed by atoms with van der Waals surface area (Å²) in [7, 11) is -1.22. The van der Waals surface area contributed by atoms with Crippen LogP contribution in [0.15, 0.2) is 29.2 Å². The summed E-state index contributed by atoms with van der Waals surface area (Å²) in [6.07, 6.45) is 0. The lowest BCUT2D eigenvalue weighted by Crippen LogP contribution is -2.17. The van der Waals surface area contributed by atoms with Crippen LogP contribution in [0.5, 0.6) is 0 Å². The number of carboxylic acid groups (broad SMARTS) is 1. The number of carboxylic acids is 1. The normalized spacial score (nSPS) is 14.5. The Balaban J connectivity index is 2.69. The summed E-state index contributed by atoms with van der Waals surface area (Å²) < 4.78 is 11.7. The topological polar surface area (TPSA) is 54.4 Å². The molecule has 0 radical (unpaired) electrons. The molecule has 15 heavy (non-hydrogen) atoms. The Bertz CT molecular complexity index is 370. The van der Waals surface area contributed by atoms with Gasteiger partial charge in [-0.25, -0.2) is 0 Å². The molecule has 4 heteroatoms. The van der Waals surface area contributed by atoms with Gasteiger partial charge in [0.05, 0.1) is 16.7 Å². The lowest BCUT2D eigenvalue weighted by Gasteiger charge is -2.06. The monoisotopic (exact) mass is 226 g/mol. The van der Waals surface area contributed by atoms with Gasteiger partial charge in [-0.1, -0.05) is 24.6 Å². The Morgan fingerprint density at radius 1 is 1.40 bits per heavy atom. The van der Waals surface area contributed by atoms with Crippen molar-refractivity contribution >= 4 is 16.8 Å². The molecular weight excluding hydrogens is 212 g/mol. The largest absolute Gasteiger partial charge is 0.481 e. The first-order chi connectivity index (χ1) is 7.00. The summed E-state index contributed by atoms with van der Waals surface area (Å²) in [6, 6.07) is 7.30. The second-order valence-corrected chi connectivity index (χ2v) is 5.06. The number of aliphatic carboxylic acids is 1. The highest BCUT2D eigenvalue weighted by Crippen LogP contribution is 2.11. The number of hydrogen-bond acceptors (Lipinski definition) is 2. The molecule has 0 aromatic heterocycles. The van der Waals surface area contributed by atoms with Crippen LogP contribution in [0.25, 0.3) is 0 Å². The SMILES string of the molecule is Cc1ccc(S(=O)CC(C)C(=O)O)cc1. The van der Waals surface area contributed by atoms with Gasteiger partial charge in [-0.3, -0.25) is 9.00 Å². The molecule has 2 atom stereocenters. The predicted molar refractivity (Wildman–Crippen MR) is 59.3 cm³/mol. The van der Waals surface area contributed by atoms with Crippen LogP contribution in [-0.4, -0.2) is 21.0 Å². The quantitative estimate of drug-likeness (QED) is 0.852. The third-order valence-corrected chi connectivity index (χ3v) is 3.71. The van der Waals surface area contributed by atoms with E-state index < -0.39 is 22.7 Å². The van der Waals surface area contributed by atoms with Crippen LogP contribution in [0.2, 0.25) is 0 Å². The van der Waals surface area contributed by atoms with E-state index in [-0.39, 0.29) is 5.75 Å². The third kappa shape index (κ3) is 3.47. The first-order valence-electron chi connectivity index (χ1n) is 4.68. The number of benzene rings is 1. The van der Waals surface area contributed by atoms with Gasteiger partial charge in [-0.2, -0.15) is 0 Å². The highest BCUT2D eigenvalue weighted by molar-refractivity contribution is 7.85. The Labute approximate surface area is 91.6 Å². The van der Waals surface area contributed by atoms with E-state index in [1.54, 1.807) is 19.1 Å². The first-order valence-corrected chi connectivity index (χ1v) is 6.00. The van der Waals surface area contributed by atoms with Crippen LogP contribution in [-0.2, 0) is 15.6 Å². The van der Waals surface area contributed by atoms with E-state index in [1.165, 1.54) is 0 Å². The van der Waals surface area contributed by atoms with Gasteiger partial charge >= 0.3 is 5.97 Å². The molecule has 0 fully saturated rings. The van der Waals surface area contributed by atoms with Crippen LogP contribution in [0.1, 0.15) is 12.5 Å². The first kappa shape index (κ1) is 11.9. The van der Waals surface area contributed by atoms with Gasteiger partial charge in [-0.15, -0.1) is 0 Å². The number of hydrogen-bond donors (Lipinski definition) is 1. The average Bonchev–Trinajstić information content (AvgIpc) is 2.18. The molecule has 2 unspecified atom stereocenters. The molecule has 0 spiro atoms. The van der Waals surface area contributed by atoms with E-state index in [4.69, 9.17) is 5.11 Å². The second-order valence-electron chi connectivity index (χ2n) is 3.56. The molecule has 0 aliphatic carbocycles. The third-order valence-electron chi connectivity index (χ3n) is 2.11. The summed E-state index contributed by atoms with van der Waals surface area (Å²) in [5.41, 5.74) is 1.10. The van der Waals surface area contributed by atoms with Crippen molar-refractivity contribution in [3.63, 3.8) is 0 Å². The van der Waals surface area contributed by atoms with Crippen molar-refractivity contribution in [3.05, 3.63) is 29.8 Å². The van der Waals surface area contributed by atoms with Crippen molar-refractivity contribution in [1.82, 2.24) is 0 Å². The Hall–Kier alpha value is -1.16. The van der Waals surface area contributed by atoms with Gasteiger partial charge in [0.1, 0.15) is 0 Å². The molecule has 1 aromatic carbocycles. The zero-order valence-corrected chi connectivity index (χ0v) is 9.58. The summed E-state index contributed by atoms with van der Waals surface area (Å²) in [5.74, 6) is -1.32. The maximum atomic E-state index is 11.7. The van der Waals surface area contributed by atoms with E-state index in [9.17, 15) is 9.00 Å². The molecule has 0 aliphatic rings. The maximum absolute atomic E-state index is 11.7. The van der Waals surface area contributed by atoms with Crippen LogP contribution >= 0.6 is 0 Å². The summed E-state index contributed by atoms with van der Waals surface area (Å²) >= 11 is 0.